The van der Waals surface area contributed by atoms with Crippen molar-refractivity contribution in [3.8, 4) is 0 Å². The highest BCUT2D eigenvalue weighted by molar-refractivity contribution is 5.84. The van der Waals surface area contributed by atoms with Gasteiger partial charge in [0.2, 0.25) is 17.7 Å². The van der Waals surface area contributed by atoms with Gasteiger partial charge in [0.25, 0.3) is 5.56 Å². The lowest BCUT2D eigenvalue weighted by atomic mass is 9.91. The summed E-state index contributed by atoms with van der Waals surface area (Å²) in [6.45, 7) is 1.50. The van der Waals surface area contributed by atoms with Crippen LogP contribution in [0.1, 0.15) is 43.6 Å². The molecule has 0 saturated carbocycles. The van der Waals surface area contributed by atoms with Crippen LogP contribution in [0.3, 0.4) is 0 Å². The number of hydrogen-bond donors (Lipinski definition) is 2. The SMILES string of the molecule is O=C1CCC(c2ccccc2)CCNC(=O)CN(C(=O)CCn2ccccc2=O)CCCN1. The van der Waals surface area contributed by atoms with Crippen LogP contribution >= 0.6 is 0 Å². The van der Waals surface area contributed by atoms with Crippen LogP contribution in [0.25, 0.3) is 0 Å². The van der Waals surface area contributed by atoms with Crippen LogP contribution in [-0.4, -0.2) is 53.4 Å². The molecule has 8 heteroatoms. The molecule has 1 saturated heterocycles. The van der Waals surface area contributed by atoms with E-state index >= 15 is 0 Å². The van der Waals surface area contributed by atoms with Gasteiger partial charge in [-0.1, -0.05) is 36.4 Å². The van der Waals surface area contributed by atoms with Crippen LogP contribution in [-0.2, 0) is 20.9 Å². The molecule has 1 atom stereocenters. The molecule has 3 rings (SSSR count). The molecule has 2 N–H and O–H groups in total. The van der Waals surface area contributed by atoms with Crippen molar-refractivity contribution in [1.82, 2.24) is 20.1 Å². The van der Waals surface area contributed by atoms with Crippen molar-refractivity contribution in [3.05, 3.63) is 70.6 Å². The fraction of sp³-hybridized carbons (Fsp3) is 0.440. The first-order valence-corrected chi connectivity index (χ1v) is 11.5. The average molecular weight is 453 g/mol. The maximum absolute atomic E-state index is 12.8. The van der Waals surface area contributed by atoms with Gasteiger partial charge in [-0.2, -0.15) is 0 Å². The standard InChI is InChI=1S/C25H32N4O4/c30-22-11-10-21(20-7-2-1-3-8-20)12-15-27-23(31)19-29(17-6-14-26-22)25(33)13-18-28-16-5-4-9-24(28)32/h1-5,7-9,16,21H,6,10-15,17-19H2,(H,26,30)(H,27,31). The van der Waals surface area contributed by atoms with E-state index in [0.29, 0.717) is 38.9 Å². The van der Waals surface area contributed by atoms with Crippen molar-refractivity contribution < 1.29 is 14.4 Å². The van der Waals surface area contributed by atoms with Gasteiger partial charge in [0, 0.05) is 51.3 Å². The van der Waals surface area contributed by atoms with Crippen molar-refractivity contribution in [3.63, 3.8) is 0 Å². The van der Waals surface area contributed by atoms with E-state index in [9.17, 15) is 19.2 Å². The zero-order valence-corrected chi connectivity index (χ0v) is 18.9. The number of nitrogens with zero attached hydrogens (tertiary/aromatic N) is 2. The van der Waals surface area contributed by atoms with E-state index in [-0.39, 0.29) is 48.7 Å². The largest absolute Gasteiger partial charge is 0.356 e. The smallest absolute Gasteiger partial charge is 0.250 e. The summed E-state index contributed by atoms with van der Waals surface area (Å²) in [7, 11) is 0. The van der Waals surface area contributed by atoms with Gasteiger partial charge >= 0.3 is 0 Å². The third kappa shape index (κ3) is 7.89. The van der Waals surface area contributed by atoms with Crippen molar-refractivity contribution in [1.29, 1.82) is 0 Å². The molecule has 176 valence electrons. The molecule has 33 heavy (non-hydrogen) atoms. The monoisotopic (exact) mass is 452 g/mol. The molecule has 3 amide bonds. The lowest BCUT2D eigenvalue weighted by Gasteiger charge is -2.24. The van der Waals surface area contributed by atoms with E-state index in [1.807, 2.05) is 30.3 Å². The summed E-state index contributed by atoms with van der Waals surface area (Å²) in [5.74, 6) is -0.227. The van der Waals surface area contributed by atoms with E-state index in [1.165, 1.54) is 15.5 Å². The molecule has 0 spiro atoms. The highest BCUT2D eigenvalue weighted by Crippen LogP contribution is 2.24. The Labute approximate surface area is 194 Å². The first-order chi connectivity index (χ1) is 16.0. The normalized spacial score (nSPS) is 18.7. The van der Waals surface area contributed by atoms with Gasteiger partial charge in [-0.05, 0) is 36.8 Å². The lowest BCUT2D eigenvalue weighted by Crippen LogP contribution is -2.43. The zero-order chi connectivity index (χ0) is 23.5. The molecule has 2 heterocycles. The minimum atomic E-state index is -0.201. The third-order valence-corrected chi connectivity index (χ3v) is 5.89. The van der Waals surface area contributed by atoms with E-state index in [0.717, 1.165) is 12.0 Å². The number of amides is 3. The van der Waals surface area contributed by atoms with Crippen molar-refractivity contribution in [2.75, 3.05) is 26.2 Å². The first kappa shape index (κ1) is 24.2. The van der Waals surface area contributed by atoms with Gasteiger partial charge in [-0.15, -0.1) is 0 Å². The van der Waals surface area contributed by atoms with Crippen molar-refractivity contribution in [2.24, 2.45) is 0 Å². The lowest BCUT2D eigenvalue weighted by molar-refractivity contribution is -0.136. The molecular formula is C25H32N4O4. The van der Waals surface area contributed by atoms with Gasteiger partial charge in [0.1, 0.15) is 0 Å². The molecule has 2 aromatic rings. The Morgan fingerprint density at radius 1 is 0.909 bits per heavy atom. The summed E-state index contributed by atoms with van der Waals surface area (Å²) < 4.78 is 1.48. The summed E-state index contributed by atoms with van der Waals surface area (Å²) in [5, 5.41) is 5.85. The van der Waals surface area contributed by atoms with Crippen LogP contribution < -0.4 is 16.2 Å². The van der Waals surface area contributed by atoms with Gasteiger partial charge < -0.3 is 20.1 Å². The van der Waals surface area contributed by atoms with Crippen LogP contribution in [0, 0.1) is 0 Å². The number of rotatable bonds is 4. The van der Waals surface area contributed by atoms with E-state index in [1.54, 1.807) is 18.3 Å². The fourth-order valence-electron chi connectivity index (χ4n) is 4.02. The van der Waals surface area contributed by atoms with Gasteiger partial charge in [0.05, 0.1) is 6.54 Å². The van der Waals surface area contributed by atoms with E-state index in [2.05, 4.69) is 10.6 Å². The molecule has 1 aromatic carbocycles. The van der Waals surface area contributed by atoms with E-state index < -0.39 is 0 Å². The molecule has 1 aromatic heterocycles. The molecule has 8 nitrogen and oxygen atoms in total. The minimum Gasteiger partial charge on any atom is -0.356 e. The third-order valence-electron chi connectivity index (χ3n) is 5.89. The van der Waals surface area contributed by atoms with Crippen LogP contribution in [0.15, 0.2) is 59.5 Å². The summed E-state index contributed by atoms with van der Waals surface area (Å²) in [5.41, 5.74) is 0.985. The Morgan fingerprint density at radius 2 is 1.67 bits per heavy atom. The number of benzene rings is 1. The molecule has 1 fully saturated rings. The number of aryl methyl sites for hydroxylation is 1. The van der Waals surface area contributed by atoms with Gasteiger partial charge in [-0.25, -0.2) is 0 Å². The predicted molar refractivity (Wildman–Crippen MR) is 126 cm³/mol. The second-order valence-electron chi connectivity index (χ2n) is 8.29. The first-order valence-electron chi connectivity index (χ1n) is 11.5. The van der Waals surface area contributed by atoms with Gasteiger partial charge in [0.15, 0.2) is 0 Å². The fourth-order valence-corrected chi connectivity index (χ4v) is 4.02. The highest BCUT2D eigenvalue weighted by Gasteiger charge is 2.19. The molecular weight excluding hydrogens is 420 g/mol. The Hall–Kier alpha value is -3.42. The van der Waals surface area contributed by atoms with Crippen LogP contribution in [0.2, 0.25) is 0 Å². The Balaban J connectivity index is 1.61. The number of carbonyl (C=O) groups excluding carboxylic acids is 3. The second-order valence-corrected chi connectivity index (χ2v) is 8.29. The number of pyridine rings is 1. The number of nitrogens with one attached hydrogen (secondary N) is 2. The summed E-state index contributed by atoms with van der Waals surface area (Å²) >= 11 is 0. The molecule has 0 bridgehead atoms. The number of aromatic nitrogens is 1. The molecule has 1 unspecified atom stereocenters. The molecule has 0 aliphatic carbocycles. The molecule has 1 aliphatic heterocycles. The Bertz CT molecular complexity index is 989. The Kier molecular flexibility index (Phi) is 9.23. The van der Waals surface area contributed by atoms with Crippen molar-refractivity contribution in [2.45, 2.75) is 44.6 Å². The topological polar surface area (TPSA) is 101 Å². The molecule has 0 radical (unpaired) electrons. The minimum absolute atomic E-state index is 0.00152. The van der Waals surface area contributed by atoms with E-state index in [4.69, 9.17) is 0 Å². The Morgan fingerprint density at radius 3 is 2.45 bits per heavy atom. The van der Waals surface area contributed by atoms with Gasteiger partial charge in [-0.3, -0.25) is 19.2 Å². The quantitative estimate of drug-likeness (QED) is 0.737. The predicted octanol–water partition coefficient (Wildman–Crippen LogP) is 1.66. The highest BCUT2D eigenvalue weighted by atomic mass is 16.2. The summed E-state index contributed by atoms with van der Waals surface area (Å²) in [6.07, 6.45) is 4.17. The van der Waals surface area contributed by atoms with Crippen molar-refractivity contribution >= 4 is 17.7 Å². The summed E-state index contributed by atoms with van der Waals surface area (Å²) in [4.78, 5) is 51.0. The summed E-state index contributed by atoms with van der Waals surface area (Å²) in [6, 6.07) is 14.9. The zero-order valence-electron chi connectivity index (χ0n) is 18.9. The second kappa shape index (κ2) is 12.6. The maximum Gasteiger partial charge on any atom is 0.250 e. The molecule has 1 aliphatic rings. The number of carbonyl (C=O) groups is 3. The maximum atomic E-state index is 12.8. The number of hydrogen-bond acceptors (Lipinski definition) is 4. The van der Waals surface area contributed by atoms with Crippen LogP contribution in [0.4, 0.5) is 0 Å². The average Bonchev–Trinajstić information content (AvgIpc) is 2.82. The van der Waals surface area contributed by atoms with Crippen LogP contribution in [0.5, 0.6) is 0 Å².